The largest absolute Gasteiger partial charge is 0.339 e. The van der Waals surface area contributed by atoms with E-state index in [1.165, 1.54) is 4.34 Å². The first-order chi connectivity index (χ1) is 9.19. The molecule has 1 aromatic heterocycles. The molecule has 0 bridgehead atoms. The zero-order valence-corrected chi connectivity index (χ0v) is 13.1. The van der Waals surface area contributed by atoms with E-state index in [9.17, 15) is 4.79 Å². The van der Waals surface area contributed by atoms with Crippen LogP contribution in [-0.4, -0.2) is 34.6 Å². The van der Waals surface area contributed by atoms with Gasteiger partial charge in [-0.05, 0) is 38.7 Å². The third kappa shape index (κ3) is 4.35. The molecule has 0 N–H and O–H groups in total. The van der Waals surface area contributed by atoms with Gasteiger partial charge in [0.05, 0.1) is 0 Å². The van der Waals surface area contributed by atoms with Gasteiger partial charge in [-0.1, -0.05) is 17.8 Å². The van der Waals surface area contributed by atoms with Gasteiger partial charge < -0.3 is 4.90 Å². The first-order valence-corrected chi connectivity index (χ1v) is 8.52. The Kier molecular flexibility index (Phi) is 5.45. The van der Waals surface area contributed by atoms with Crippen molar-refractivity contribution in [1.82, 2.24) is 9.88 Å². The van der Waals surface area contributed by atoms with Crippen molar-refractivity contribution in [2.75, 3.05) is 18.8 Å². The highest BCUT2D eigenvalue weighted by Gasteiger charge is 2.21. The molecule has 1 amide bonds. The summed E-state index contributed by atoms with van der Waals surface area (Å²) in [4.78, 5) is 18.1. The Morgan fingerprint density at radius 3 is 2.89 bits per heavy atom. The lowest BCUT2D eigenvalue weighted by Crippen LogP contribution is -2.38. The minimum absolute atomic E-state index is 0.157. The van der Waals surface area contributed by atoms with E-state index in [4.69, 9.17) is 0 Å². The van der Waals surface area contributed by atoms with E-state index in [0.29, 0.717) is 5.92 Å². The molecule has 5 heteroatoms. The molecule has 0 radical (unpaired) electrons. The number of aromatic nitrogens is 1. The van der Waals surface area contributed by atoms with E-state index < -0.39 is 0 Å². The Balaban J connectivity index is 1.73. The molecule has 1 aliphatic heterocycles. The summed E-state index contributed by atoms with van der Waals surface area (Å²) in [5, 5.41) is 2.10. The fourth-order valence-electron chi connectivity index (χ4n) is 2.16. The molecule has 1 aliphatic rings. The van der Waals surface area contributed by atoms with Gasteiger partial charge in [-0.15, -0.1) is 11.3 Å². The van der Waals surface area contributed by atoms with Gasteiger partial charge in [0, 0.05) is 29.9 Å². The Hall–Kier alpha value is -0.810. The molecular weight excluding hydrogens is 276 g/mol. The number of allylic oxidation sites excluding steroid dienone is 1. The maximum atomic E-state index is 11.7. The first kappa shape index (κ1) is 14.6. The number of rotatable bonds is 4. The molecule has 104 valence electrons. The Morgan fingerprint density at radius 2 is 2.32 bits per heavy atom. The average molecular weight is 296 g/mol. The summed E-state index contributed by atoms with van der Waals surface area (Å²) in [5.74, 6) is 1.99. The molecule has 1 aromatic rings. The van der Waals surface area contributed by atoms with Gasteiger partial charge in [0.25, 0.3) is 0 Å². The monoisotopic (exact) mass is 296 g/mol. The van der Waals surface area contributed by atoms with E-state index in [2.05, 4.69) is 10.4 Å². The normalized spacial score (nSPS) is 17.3. The number of likely N-dealkylation sites (tertiary alicyclic amines) is 1. The number of aryl methyl sites for hydroxylation is 1. The third-order valence-electron chi connectivity index (χ3n) is 3.28. The van der Waals surface area contributed by atoms with E-state index in [1.807, 2.05) is 36.6 Å². The minimum Gasteiger partial charge on any atom is -0.339 e. The number of amides is 1. The second kappa shape index (κ2) is 7.10. The number of nitrogens with zero attached hydrogens (tertiary/aromatic N) is 2. The maximum Gasteiger partial charge on any atom is 0.246 e. The summed E-state index contributed by atoms with van der Waals surface area (Å²) >= 11 is 3.59. The van der Waals surface area contributed by atoms with Crippen LogP contribution in [0.3, 0.4) is 0 Å². The quantitative estimate of drug-likeness (QED) is 0.631. The van der Waals surface area contributed by atoms with Crippen LogP contribution in [0.4, 0.5) is 0 Å². The second-order valence-electron chi connectivity index (χ2n) is 4.83. The smallest absolute Gasteiger partial charge is 0.246 e. The number of hydrogen-bond donors (Lipinski definition) is 0. The molecule has 1 fully saturated rings. The van der Waals surface area contributed by atoms with Gasteiger partial charge in [-0.25, -0.2) is 4.98 Å². The van der Waals surface area contributed by atoms with Gasteiger partial charge in [-0.2, -0.15) is 0 Å². The summed E-state index contributed by atoms with van der Waals surface area (Å²) < 4.78 is 1.17. The lowest BCUT2D eigenvalue weighted by atomic mass is 9.99. The molecule has 0 spiro atoms. The standard InChI is InChI=1S/C14H20N2OS2/c1-3-4-13(17)16-7-5-12(6-8-16)10-19-14-15-11(2)9-18-14/h3-4,9,12H,5-8,10H2,1-2H3/b4-3+. The molecule has 0 aliphatic carbocycles. The number of hydrogen-bond acceptors (Lipinski definition) is 4. The zero-order valence-electron chi connectivity index (χ0n) is 11.5. The van der Waals surface area contributed by atoms with Gasteiger partial charge >= 0.3 is 0 Å². The van der Waals surface area contributed by atoms with Crippen LogP contribution in [0, 0.1) is 12.8 Å². The summed E-state index contributed by atoms with van der Waals surface area (Å²) in [6, 6.07) is 0. The van der Waals surface area contributed by atoms with Gasteiger partial charge in [0.15, 0.2) is 0 Å². The van der Waals surface area contributed by atoms with E-state index in [-0.39, 0.29) is 5.91 Å². The average Bonchev–Trinajstić information content (AvgIpc) is 2.83. The van der Waals surface area contributed by atoms with E-state index in [1.54, 1.807) is 17.4 Å². The van der Waals surface area contributed by atoms with Crippen molar-refractivity contribution in [2.24, 2.45) is 5.92 Å². The molecule has 3 nitrogen and oxygen atoms in total. The molecule has 0 atom stereocenters. The molecule has 2 heterocycles. The zero-order chi connectivity index (χ0) is 13.7. The number of thioether (sulfide) groups is 1. The van der Waals surface area contributed by atoms with Crippen molar-refractivity contribution in [3.63, 3.8) is 0 Å². The lowest BCUT2D eigenvalue weighted by Gasteiger charge is -2.31. The molecule has 0 saturated carbocycles. The van der Waals surface area contributed by atoms with Crippen LogP contribution < -0.4 is 0 Å². The fraction of sp³-hybridized carbons (Fsp3) is 0.571. The Labute approximate surface area is 123 Å². The molecule has 19 heavy (non-hydrogen) atoms. The first-order valence-electron chi connectivity index (χ1n) is 6.65. The summed E-state index contributed by atoms with van der Waals surface area (Å²) in [6.45, 7) is 5.71. The number of carbonyl (C=O) groups is 1. The van der Waals surface area contributed by atoms with Crippen molar-refractivity contribution < 1.29 is 4.79 Å². The SMILES string of the molecule is C/C=C/C(=O)N1CCC(CSc2nc(C)cs2)CC1. The fourth-order valence-corrected chi connectivity index (χ4v) is 4.22. The molecule has 0 unspecified atom stereocenters. The third-order valence-corrected chi connectivity index (χ3v) is 5.65. The number of thiazole rings is 1. The second-order valence-corrected chi connectivity index (χ2v) is 6.96. The Bertz CT molecular complexity index is 448. The van der Waals surface area contributed by atoms with Crippen LogP contribution in [0.5, 0.6) is 0 Å². The van der Waals surface area contributed by atoms with Crippen LogP contribution in [0.1, 0.15) is 25.5 Å². The van der Waals surface area contributed by atoms with Crippen LogP contribution in [0.15, 0.2) is 21.9 Å². The van der Waals surface area contributed by atoms with Crippen molar-refractivity contribution in [3.05, 3.63) is 23.2 Å². The minimum atomic E-state index is 0.157. The van der Waals surface area contributed by atoms with Crippen LogP contribution >= 0.6 is 23.1 Å². The number of piperidine rings is 1. The summed E-state index contributed by atoms with van der Waals surface area (Å²) in [5.41, 5.74) is 1.11. The van der Waals surface area contributed by atoms with Crippen LogP contribution in [0.2, 0.25) is 0 Å². The van der Waals surface area contributed by atoms with Crippen molar-refractivity contribution >= 4 is 29.0 Å². The van der Waals surface area contributed by atoms with E-state index >= 15 is 0 Å². The molecular formula is C14H20N2OS2. The van der Waals surface area contributed by atoms with Gasteiger partial charge in [0.2, 0.25) is 5.91 Å². The lowest BCUT2D eigenvalue weighted by molar-refractivity contribution is -0.127. The molecule has 0 aromatic carbocycles. The van der Waals surface area contributed by atoms with Gasteiger partial charge in [-0.3, -0.25) is 4.79 Å². The highest BCUT2D eigenvalue weighted by molar-refractivity contribution is 8.01. The number of carbonyl (C=O) groups excluding carboxylic acids is 1. The van der Waals surface area contributed by atoms with Gasteiger partial charge in [0.1, 0.15) is 4.34 Å². The van der Waals surface area contributed by atoms with Crippen LogP contribution in [-0.2, 0) is 4.79 Å². The van der Waals surface area contributed by atoms with Crippen molar-refractivity contribution in [1.29, 1.82) is 0 Å². The predicted molar refractivity (Wildman–Crippen MR) is 81.7 cm³/mol. The van der Waals surface area contributed by atoms with Crippen molar-refractivity contribution in [3.8, 4) is 0 Å². The summed E-state index contributed by atoms with van der Waals surface area (Å²) in [6.07, 6.45) is 5.70. The molecule has 2 rings (SSSR count). The highest BCUT2D eigenvalue weighted by Crippen LogP contribution is 2.28. The Morgan fingerprint density at radius 1 is 1.58 bits per heavy atom. The predicted octanol–water partition coefficient (Wildman–Crippen LogP) is 3.36. The summed E-state index contributed by atoms with van der Waals surface area (Å²) in [7, 11) is 0. The topological polar surface area (TPSA) is 33.2 Å². The highest BCUT2D eigenvalue weighted by atomic mass is 32.2. The van der Waals surface area contributed by atoms with Crippen molar-refractivity contribution in [2.45, 2.75) is 31.0 Å². The van der Waals surface area contributed by atoms with E-state index in [0.717, 1.165) is 37.4 Å². The maximum absolute atomic E-state index is 11.7. The van der Waals surface area contributed by atoms with Crippen LogP contribution in [0.25, 0.3) is 0 Å². The molecule has 1 saturated heterocycles.